The first kappa shape index (κ1) is 13.8. The molecule has 4 N–H and O–H groups in total. The van der Waals surface area contributed by atoms with E-state index in [1.165, 1.54) is 0 Å². The molecule has 5 nitrogen and oxygen atoms in total. The van der Waals surface area contributed by atoms with Gasteiger partial charge in [0.2, 0.25) is 5.91 Å². The number of aliphatic hydroxyl groups is 2. The molecule has 1 aliphatic heterocycles. The molecule has 1 saturated heterocycles. The number of nitrogen functional groups attached to an aromatic ring is 1. The fourth-order valence-corrected chi connectivity index (χ4v) is 2.24. The van der Waals surface area contributed by atoms with Crippen molar-refractivity contribution >= 4 is 11.6 Å². The van der Waals surface area contributed by atoms with Crippen molar-refractivity contribution in [1.82, 2.24) is 4.90 Å². The minimum absolute atomic E-state index is 0.0165. The fourth-order valence-electron chi connectivity index (χ4n) is 2.24. The highest BCUT2D eigenvalue weighted by Gasteiger charge is 2.28. The molecule has 2 rings (SSSR count). The van der Waals surface area contributed by atoms with Crippen LogP contribution in [0.1, 0.15) is 18.4 Å². The molecule has 1 aromatic rings. The third-order valence-electron chi connectivity index (χ3n) is 3.51. The van der Waals surface area contributed by atoms with Gasteiger partial charge in [0.25, 0.3) is 0 Å². The minimum atomic E-state index is -0.825. The summed E-state index contributed by atoms with van der Waals surface area (Å²) in [6, 6.07) is 7.47. The van der Waals surface area contributed by atoms with Gasteiger partial charge in [-0.3, -0.25) is 4.79 Å². The first-order chi connectivity index (χ1) is 9.06. The standard InChI is InChI=1S/C14H20N2O3/c15-11-4-1-10(2-5-11)3-6-14(19)16-8-7-12(17)13(18)9-16/h1-2,4-5,12-13,17-18H,3,6-9,15H2/t12-,13+/m1/s1. The highest BCUT2D eigenvalue weighted by molar-refractivity contribution is 5.76. The summed E-state index contributed by atoms with van der Waals surface area (Å²) in [7, 11) is 0. The number of carbonyl (C=O) groups is 1. The van der Waals surface area contributed by atoms with Gasteiger partial charge in [-0.05, 0) is 30.5 Å². The number of nitrogens with two attached hydrogens (primary N) is 1. The van der Waals surface area contributed by atoms with Crippen molar-refractivity contribution in [1.29, 1.82) is 0 Å². The van der Waals surface area contributed by atoms with Crippen molar-refractivity contribution in [3.8, 4) is 0 Å². The Hall–Kier alpha value is -1.59. The Morgan fingerprint density at radius 1 is 1.26 bits per heavy atom. The number of likely N-dealkylation sites (tertiary alicyclic amines) is 1. The largest absolute Gasteiger partial charge is 0.399 e. The Morgan fingerprint density at radius 3 is 2.58 bits per heavy atom. The van der Waals surface area contributed by atoms with Gasteiger partial charge in [0.1, 0.15) is 0 Å². The van der Waals surface area contributed by atoms with Gasteiger partial charge in [0.05, 0.1) is 12.2 Å². The zero-order valence-electron chi connectivity index (χ0n) is 10.8. The van der Waals surface area contributed by atoms with Gasteiger partial charge in [-0.25, -0.2) is 0 Å². The maximum absolute atomic E-state index is 12.0. The van der Waals surface area contributed by atoms with Crippen LogP contribution in [-0.2, 0) is 11.2 Å². The van der Waals surface area contributed by atoms with E-state index in [2.05, 4.69) is 0 Å². The number of hydrogen-bond acceptors (Lipinski definition) is 4. The summed E-state index contributed by atoms with van der Waals surface area (Å²) < 4.78 is 0. The van der Waals surface area contributed by atoms with Gasteiger partial charge in [0.15, 0.2) is 0 Å². The lowest BCUT2D eigenvalue weighted by Crippen LogP contribution is -2.49. The molecule has 1 heterocycles. The Kier molecular flexibility index (Phi) is 4.39. The van der Waals surface area contributed by atoms with Crippen molar-refractivity contribution in [3.63, 3.8) is 0 Å². The zero-order valence-corrected chi connectivity index (χ0v) is 10.8. The van der Waals surface area contributed by atoms with Gasteiger partial charge in [-0.15, -0.1) is 0 Å². The third-order valence-corrected chi connectivity index (χ3v) is 3.51. The van der Waals surface area contributed by atoms with Crippen LogP contribution in [0.25, 0.3) is 0 Å². The number of anilines is 1. The van der Waals surface area contributed by atoms with E-state index in [1.54, 1.807) is 4.90 Å². The number of aryl methyl sites for hydroxylation is 1. The van der Waals surface area contributed by atoms with Gasteiger partial charge in [-0.1, -0.05) is 12.1 Å². The predicted molar refractivity (Wildman–Crippen MR) is 72.4 cm³/mol. The number of piperidine rings is 1. The number of nitrogens with zero attached hydrogens (tertiary/aromatic N) is 1. The maximum Gasteiger partial charge on any atom is 0.222 e. The summed E-state index contributed by atoms with van der Waals surface area (Å²) in [6.07, 6.45) is -0.0224. The minimum Gasteiger partial charge on any atom is -0.399 e. The average Bonchev–Trinajstić information content (AvgIpc) is 2.41. The molecule has 0 aliphatic carbocycles. The van der Waals surface area contributed by atoms with E-state index >= 15 is 0 Å². The van der Waals surface area contributed by atoms with Crippen molar-refractivity contribution in [2.24, 2.45) is 0 Å². The molecule has 0 bridgehead atoms. The van der Waals surface area contributed by atoms with Crippen LogP contribution in [0.15, 0.2) is 24.3 Å². The van der Waals surface area contributed by atoms with Crippen LogP contribution in [0, 0.1) is 0 Å². The van der Waals surface area contributed by atoms with Gasteiger partial charge >= 0.3 is 0 Å². The van der Waals surface area contributed by atoms with E-state index in [-0.39, 0.29) is 12.5 Å². The number of benzene rings is 1. The van der Waals surface area contributed by atoms with Crippen LogP contribution in [0.4, 0.5) is 5.69 Å². The Balaban J connectivity index is 1.83. The predicted octanol–water partition coefficient (Wildman–Crippen LogP) is 0.155. The van der Waals surface area contributed by atoms with Crippen molar-refractivity contribution in [2.45, 2.75) is 31.5 Å². The Labute approximate surface area is 112 Å². The normalized spacial score (nSPS) is 23.4. The van der Waals surface area contributed by atoms with E-state index in [9.17, 15) is 15.0 Å². The van der Waals surface area contributed by atoms with Crippen molar-refractivity contribution < 1.29 is 15.0 Å². The molecule has 19 heavy (non-hydrogen) atoms. The van der Waals surface area contributed by atoms with E-state index in [4.69, 9.17) is 5.73 Å². The first-order valence-electron chi connectivity index (χ1n) is 6.54. The van der Waals surface area contributed by atoms with Gasteiger partial charge in [-0.2, -0.15) is 0 Å². The Morgan fingerprint density at radius 2 is 1.95 bits per heavy atom. The second-order valence-electron chi connectivity index (χ2n) is 5.00. The van der Waals surface area contributed by atoms with Crippen LogP contribution in [0.5, 0.6) is 0 Å². The number of amides is 1. The number of rotatable bonds is 3. The smallest absolute Gasteiger partial charge is 0.222 e. The monoisotopic (exact) mass is 264 g/mol. The summed E-state index contributed by atoms with van der Waals surface area (Å²) in [5, 5.41) is 19.0. The number of hydrogen-bond donors (Lipinski definition) is 3. The topological polar surface area (TPSA) is 86.8 Å². The summed E-state index contributed by atoms with van der Waals surface area (Å²) in [6.45, 7) is 0.737. The molecule has 2 atom stereocenters. The van der Waals surface area contributed by atoms with Gasteiger partial charge < -0.3 is 20.8 Å². The Bertz CT molecular complexity index is 433. The molecule has 5 heteroatoms. The van der Waals surface area contributed by atoms with E-state index in [0.717, 1.165) is 5.56 Å². The summed E-state index contributed by atoms with van der Waals surface area (Å²) in [5.41, 5.74) is 7.38. The molecule has 0 spiro atoms. The second-order valence-corrected chi connectivity index (χ2v) is 5.00. The molecular weight excluding hydrogens is 244 g/mol. The molecule has 0 unspecified atom stereocenters. The van der Waals surface area contributed by atoms with Gasteiger partial charge in [0, 0.05) is 25.2 Å². The zero-order chi connectivity index (χ0) is 13.8. The SMILES string of the molecule is Nc1ccc(CCC(=O)N2CC[C@@H](O)[C@@H](O)C2)cc1. The summed E-state index contributed by atoms with van der Waals surface area (Å²) in [5.74, 6) is 0.0165. The van der Waals surface area contributed by atoms with Crippen LogP contribution in [0.3, 0.4) is 0 Å². The summed E-state index contributed by atoms with van der Waals surface area (Å²) >= 11 is 0. The lowest BCUT2D eigenvalue weighted by Gasteiger charge is -2.33. The lowest BCUT2D eigenvalue weighted by atomic mass is 10.0. The molecular formula is C14H20N2O3. The molecule has 104 valence electrons. The first-order valence-corrected chi connectivity index (χ1v) is 6.54. The third kappa shape index (κ3) is 3.68. The molecule has 0 saturated carbocycles. The van der Waals surface area contributed by atoms with E-state index < -0.39 is 12.2 Å². The van der Waals surface area contributed by atoms with Crippen LogP contribution >= 0.6 is 0 Å². The van der Waals surface area contributed by atoms with Crippen LogP contribution in [-0.4, -0.2) is 46.3 Å². The summed E-state index contributed by atoms with van der Waals surface area (Å²) in [4.78, 5) is 13.6. The molecule has 0 radical (unpaired) electrons. The average molecular weight is 264 g/mol. The molecule has 1 aliphatic rings. The highest BCUT2D eigenvalue weighted by Crippen LogP contribution is 2.14. The van der Waals surface area contributed by atoms with Crippen LogP contribution < -0.4 is 5.73 Å². The van der Waals surface area contributed by atoms with Crippen LogP contribution in [0.2, 0.25) is 0 Å². The van der Waals surface area contributed by atoms with E-state index in [1.807, 2.05) is 24.3 Å². The molecule has 0 aromatic heterocycles. The molecule has 1 fully saturated rings. The molecule has 1 amide bonds. The van der Waals surface area contributed by atoms with Crippen molar-refractivity contribution in [3.05, 3.63) is 29.8 Å². The second kappa shape index (κ2) is 6.04. The van der Waals surface area contributed by atoms with E-state index in [0.29, 0.717) is 31.5 Å². The number of aliphatic hydroxyl groups excluding tert-OH is 2. The highest BCUT2D eigenvalue weighted by atomic mass is 16.3. The lowest BCUT2D eigenvalue weighted by molar-refractivity contribution is -0.137. The maximum atomic E-state index is 12.0. The molecule has 1 aromatic carbocycles. The van der Waals surface area contributed by atoms with Crippen molar-refractivity contribution in [2.75, 3.05) is 18.8 Å². The fraction of sp³-hybridized carbons (Fsp3) is 0.500. The number of carbonyl (C=O) groups excluding carboxylic acids is 1. The quantitative estimate of drug-likeness (QED) is 0.679. The number of β-amino-alcohol motifs (C(OH)–C–C–N with tert-alkyl or cyclic N) is 1.